The van der Waals surface area contributed by atoms with Crippen LogP contribution in [-0.2, 0) is 14.8 Å². The fourth-order valence-electron chi connectivity index (χ4n) is 2.93. The van der Waals surface area contributed by atoms with E-state index in [4.69, 9.17) is 4.74 Å². The minimum atomic E-state index is -3.81. The van der Waals surface area contributed by atoms with Crippen LogP contribution in [0.5, 0.6) is 5.75 Å². The number of fused-ring (bicyclic) bond motifs is 1. The van der Waals surface area contributed by atoms with Crippen LogP contribution in [0.4, 0.5) is 5.69 Å². The van der Waals surface area contributed by atoms with Crippen molar-refractivity contribution < 1.29 is 17.9 Å². The van der Waals surface area contributed by atoms with Crippen LogP contribution in [-0.4, -0.2) is 42.7 Å². The number of amides is 1. The van der Waals surface area contributed by atoms with Crippen molar-refractivity contribution >= 4 is 43.2 Å². The van der Waals surface area contributed by atoms with Crippen LogP contribution in [0.2, 0.25) is 0 Å². The van der Waals surface area contributed by atoms with E-state index in [0.717, 1.165) is 20.0 Å². The molecule has 2 aromatic carbocycles. The molecule has 0 bridgehead atoms. The van der Waals surface area contributed by atoms with Crippen LogP contribution in [0.3, 0.4) is 0 Å². The quantitative estimate of drug-likeness (QED) is 0.586. The van der Waals surface area contributed by atoms with E-state index in [1.807, 2.05) is 19.1 Å². The first-order valence-corrected chi connectivity index (χ1v) is 11.4. The molecule has 0 fully saturated rings. The summed E-state index contributed by atoms with van der Waals surface area (Å²) in [6, 6.07) is 10.2. The molecule has 154 valence electrons. The van der Waals surface area contributed by atoms with Crippen LogP contribution >= 0.6 is 11.5 Å². The molecule has 29 heavy (non-hydrogen) atoms. The fraction of sp³-hybridized carbons (Fsp3) is 0.300. The zero-order valence-corrected chi connectivity index (χ0v) is 18.1. The van der Waals surface area contributed by atoms with Crippen molar-refractivity contribution in [3.63, 3.8) is 0 Å². The van der Waals surface area contributed by atoms with Gasteiger partial charge in [-0.3, -0.25) is 4.79 Å². The number of rotatable bonds is 8. The minimum absolute atomic E-state index is 0.138. The molecule has 1 heterocycles. The first kappa shape index (κ1) is 21.2. The number of carbonyl (C=O) groups is 1. The summed E-state index contributed by atoms with van der Waals surface area (Å²) in [5.74, 6) is 0.242. The number of aryl methyl sites for hydroxylation is 1. The summed E-state index contributed by atoms with van der Waals surface area (Å²) in [6.07, 6.45) is 1.73. The Kier molecular flexibility index (Phi) is 6.51. The molecular formula is C20H23N3O4S2. The topological polar surface area (TPSA) is 88.6 Å². The molecule has 0 radical (unpaired) electrons. The molecule has 0 atom stereocenters. The van der Waals surface area contributed by atoms with Crippen molar-refractivity contribution in [1.29, 1.82) is 0 Å². The summed E-state index contributed by atoms with van der Waals surface area (Å²) < 4.78 is 37.8. The Labute approximate surface area is 174 Å². The van der Waals surface area contributed by atoms with Crippen molar-refractivity contribution in [3.05, 3.63) is 48.2 Å². The molecule has 9 heteroatoms. The summed E-state index contributed by atoms with van der Waals surface area (Å²) in [7, 11) is -3.81. The van der Waals surface area contributed by atoms with Crippen LogP contribution in [0.25, 0.3) is 10.1 Å². The third-order valence-electron chi connectivity index (χ3n) is 4.39. The van der Waals surface area contributed by atoms with E-state index in [2.05, 4.69) is 9.69 Å². The highest BCUT2D eigenvalue weighted by molar-refractivity contribution is 7.89. The normalized spacial score (nSPS) is 11.7. The van der Waals surface area contributed by atoms with Gasteiger partial charge in [-0.15, -0.1) is 0 Å². The van der Waals surface area contributed by atoms with Crippen molar-refractivity contribution in [2.75, 3.05) is 25.0 Å². The summed E-state index contributed by atoms with van der Waals surface area (Å²) in [5.41, 5.74) is 1.33. The third kappa shape index (κ3) is 4.75. The smallest absolute Gasteiger partial charge is 0.243 e. The molecule has 1 aromatic heterocycles. The van der Waals surface area contributed by atoms with E-state index in [-0.39, 0.29) is 18.0 Å². The summed E-state index contributed by atoms with van der Waals surface area (Å²) in [4.78, 5) is 12.6. The number of ether oxygens (including phenoxy) is 1. The molecule has 0 aliphatic rings. The summed E-state index contributed by atoms with van der Waals surface area (Å²) in [5, 5.41) is 3.69. The average Bonchev–Trinajstić information content (AvgIpc) is 3.15. The third-order valence-corrected chi connectivity index (χ3v) is 7.09. The highest BCUT2D eigenvalue weighted by atomic mass is 32.2. The zero-order chi connectivity index (χ0) is 21.0. The number of benzene rings is 2. The van der Waals surface area contributed by atoms with Gasteiger partial charge in [0.1, 0.15) is 5.75 Å². The van der Waals surface area contributed by atoms with E-state index in [0.29, 0.717) is 18.0 Å². The van der Waals surface area contributed by atoms with Crippen molar-refractivity contribution in [1.82, 2.24) is 8.68 Å². The Balaban J connectivity index is 1.75. The van der Waals surface area contributed by atoms with Gasteiger partial charge in [0.15, 0.2) is 0 Å². The molecule has 0 saturated carbocycles. The van der Waals surface area contributed by atoms with Gasteiger partial charge in [0.05, 0.1) is 22.7 Å². The molecule has 0 unspecified atom stereocenters. The highest BCUT2D eigenvalue weighted by Crippen LogP contribution is 2.25. The number of likely N-dealkylation sites (N-methyl/N-ethyl adjacent to an activating group) is 1. The molecule has 0 aliphatic heterocycles. The fourth-order valence-corrected chi connectivity index (χ4v) is 5.04. The minimum Gasteiger partial charge on any atom is -0.494 e. The first-order valence-electron chi connectivity index (χ1n) is 9.23. The average molecular weight is 434 g/mol. The molecule has 0 aliphatic carbocycles. The second kappa shape index (κ2) is 8.89. The monoisotopic (exact) mass is 433 g/mol. The Hall–Kier alpha value is -2.49. The predicted octanol–water partition coefficient (Wildman–Crippen LogP) is 3.65. The lowest BCUT2D eigenvalue weighted by Crippen LogP contribution is -2.37. The summed E-state index contributed by atoms with van der Waals surface area (Å²) >= 11 is 1.38. The molecule has 1 N–H and O–H groups in total. The molecule has 0 saturated heterocycles. The second-order valence-corrected chi connectivity index (χ2v) is 9.19. The number of hydrogen-bond acceptors (Lipinski definition) is 6. The van der Waals surface area contributed by atoms with Crippen molar-refractivity contribution in [2.45, 2.75) is 25.7 Å². The van der Waals surface area contributed by atoms with Gasteiger partial charge in [-0.05, 0) is 67.3 Å². The molecule has 3 aromatic rings. The van der Waals surface area contributed by atoms with Gasteiger partial charge >= 0.3 is 0 Å². The number of sulfonamides is 1. The number of nitrogens with zero attached hydrogens (tertiary/aromatic N) is 2. The Bertz CT molecular complexity index is 1130. The molecular weight excluding hydrogens is 410 g/mol. The SMILES string of the molecule is CCOc1ccc(S(=O)(=O)N(CC)CC(=O)Nc2ccc3sncc3c2)cc1C. The Morgan fingerprint density at radius 2 is 2.00 bits per heavy atom. The lowest BCUT2D eigenvalue weighted by atomic mass is 10.2. The largest absolute Gasteiger partial charge is 0.494 e. The van der Waals surface area contributed by atoms with E-state index in [1.165, 1.54) is 17.6 Å². The zero-order valence-electron chi connectivity index (χ0n) is 16.5. The number of nitrogens with one attached hydrogen (secondary N) is 1. The number of aromatic nitrogens is 1. The number of carbonyl (C=O) groups excluding carboxylic acids is 1. The van der Waals surface area contributed by atoms with E-state index in [1.54, 1.807) is 38.2 Å². The molecule has 3 rings (SSSR count). The first-order chi connectivity index (χ1) is 13.8. The summed E-state index contributed by atoms with van der Waals surface area (Å²) in [6.45, 7) is 5.77. The molecule has 7 nitrogen and oxygen atoms in total. The number of hydrogen-bond donors (Lipinski definition) is 1. The highest BCUT2D eigenvalue weighted by Gasteiger charge is 2.26. The van der Waals surface area contributed by atoms with Gasteiger partial charge in [-0.25, -0.2) is 8.42 Å². The molecule has 0 spiro atoms. The standard InChI is InChI=1S/C20H23N3O4S2/c1-4-23(29(25,26)17-7-8-18(27-5-2)14(3)10-17)13-20(24)22-16-6-9-19-15(11-16)12-21-28-19/h6-12H,4-5,13H2,1-3H3,(H,22,24). The maximum atomic E-state index is 13.0. The van der Waals surface area contributed by atoms with E-state index >= 15 is 0 Å². The second-order valence-electron chi connectivity index (χ2n) is 6.42. The van der Waals surface area contributed by atoms with Gasteiger partial charge in [-0.1, -0.05) is 6.92 Å². The van der Waals surface area contributed by atoms with Gasteiger partial charge in [0.2, 0.25) is 15.9 Å². The van der Waals surface area contributed by atoms with Gasteiger partial charge < -0.3 is 10.1 Å². The van der Waals surface area contributed by atoms with E-state index < -0.39 is 15.9 Å². The predicted molar refractivity (Wildman–Crippen MR) is 115 cm³/mol. The van der Waals surface area contributed by atoms with E-state index in [9.17, 15) is 13.2 Å². The van der Waals surface area contributed by atoms with Crippen LogP contribution < -0.4 is 10.1 Å². The maximum absolute atomic E-state index is 13.0. The maximum Gasteiger partial charge on any atom is 0.243 e. The van der Waals surface area contributed by atoms with Crippen molar-refractivity contribution in [2.24, 2.45) is 0 Å². The Morgan fingerprint density at radius 3 is 2.69 bits per heavy atom. The van der Waals surface area contributed by atoms with Crippen LogP contribution in [0, 0.1) is 6.92 Å². The number of anilines is 1. The molecule has 1 amide bonds. The van der Waals surface area contributed by atoms with Gasteiger partial charge in [0.25, 0.3) is 0 Å². The Morgan fingerprint density at radius 1 is 1.21 bits per heavy atom. The van der Waals surface area contributed by atoms with Crippen LogP contribution in [0.15, 0.2) is 47.5 Å². The van der Waals surface area contributed by atoms with Crippen LogP contribution in [0.1, 0.15) is 19.4 Å². The van der Waals surface area contributed by atoms with Gasteiger partial charge in [-0.2, -0.15) is 8.68 Å². The van der Waals surface area contributed by atoms with Gasteiger partial charge in [0, 0.05) is 23.8 Å². The lowest BCUT2D eigenvalue weighted by molar-refractivity contribution is -0.116. The van der Waals surface area contributed by atoms with Crippen molar-refractivity contribution in [3.8, 4) is 5.75 Å². The lowest BCUT2D eigenvalue weighted by Gasteiger charge is -2.21.